The van der Waals surface area contributed by atoms with Crippen molar-refractivity contribution in [2.45, 2.75) is 19.8 Å². The summed E-state index contributed by atoms with van der Waals surface area (Å²) in [4.78, 5) is 7.11. The molecule has 7 aromatic carbocycles. The lowest BCUT2D eigenvalue weighted by molar-refractivity contribution is 0.620. The largest absolute Gasteiger partial charge is 0.436 e. The molecule has 0 spiro atoms. The van der Waals surface area contributed by atoms with Gasteiger partial charge in [-0.05, 0) is 106 Å². The zero-order valence-electron chi connectivity index (χ0n) is 27.5. The SMILES string of the molecule is CCCc1ccc2oc(-c3ccc(-c4ccccc4-c4ccccc4-c4ccc(N(c5ccccc5)c5ccccc5)cc4)cc3)nc2c1. The van der Waals surface area contributed by atoms with Crippen LogP contribution in [0.15, 0.2) is 180 Å². The van der Waals surface area contributed by atoms with Crippen LogP contribution in [0.25, 0.3) is 55.9 Å². The fraction of sp³-hybridized carbons (Fsp3) is 0.0652. The molecule has 0 aliphatic rings. The molecule has 8 aromatic rings. The number of oxazole rings is 1. The second-order valence-electron chi connectivity index (χ2n) is 12.3. The maximum Gasteiger partial charge on any atom is 0.227 e. The molecule has 0 radical (unpaired) electrons. The lowest BCUT2D eigenvalue weighted by atomic mass is 9.89. The van der Waals surface area contributed by atoms with Crippen LogP contribution in [0.3, 0.4) is 0 Å². The summed E-state index contributed by atoms with van der Waals surface area (Å²) >= 11 is 0. The molecular weight excluding hydrogens is 597 g/mol. The van der Waals surface area contributed by atoms with Gasteiger partial charge in [0.2, 0.25) is 5.89 Å². The predicted molar refractivity (Wildman–Crippen MR) is 204 cm³/mol. The average molecular weight is 633 g/mol. The van der Waals surface area contributed by atoms with Crippen molar-refractivity contribution in [3.05, 3.63) is 181 Å². The maximum atomic E-state index is 6.15. The van der Waals surface area contributed by atoms with Crippen molar-refractivity contribution in [1.29, 1.82) is 0 Å². The minimum atomic E-state index is 0.648. The second kappa shape index (κ2) is 13.5. The number of para-hydroxylation sites is 2. The molecule has 0 aliphatic carbocycles. The highest BCUT2D eigenvalue weighted by Crippen LogP contribution is 2.40. The van der Waals surface area contributed by atoms with Gasteiger partial charge in [0.15, 0.2) is 5.58 Å². The third kappa shape index (κ3) is 6.15. The highest BCUT2D eigenvalue weighted by molar-refractivity contribution is 5.92. The molecule has 3 nitrogen and oxygen atoms in total. The van der Waals surface area contributed by atoms with Crippen molar-refractivity contribution in [2.75, 3.05) is 4.90 Å². The van der Waals surface area contributed by atoms with Crippen LogP contribution in [-0.2, 0) is 6.42 Å². The fourth-order valence-corrected chi connectivity index (χ4v) is 6.66. The van der Waals surface area contributed by atoms with Crippen LogP contribution < -0.4 is 4.90 Å². The lowest BCUT2D eigenvalue weighted by Gasteiger charge is -2.25. The molecule has 236 valence electrons. The molecule has 49 heavy (non-hydrogen) atoms. The Morgan fingerprint density at radius 3 is 1.49 bits per heavy atom. The third-order valence-electron chi connectivity index (χ3n) is 9.04. The van der Waals surface area contributed by atoms with Crippen molar-refractivity contribution in [1.82, 2.24) is 4.98 Å². The molecule has 0 saturated carbocycles. The van der Waals surface area contributed by atoms with Crippen LogP contribution in [0.2, 0.25) is 0 Å². The molecular formula is C46H36N2O. The first-order valence-electron chi connectivity index (χ1n) is 16.9. The number of hydrogen-bond acceptors (Lipinski definition) is 3. The van der Waals surface area contributed by atoms with Gasteiger partial charge in [-0.15, -0.1) is 0 Å². The van der Waals surface area contributed by atoms with Crippen molar-refractivity contribution in [3.8, 4) is 44.8 Å². The van der Waals surface area contributed by atoms with E-state index in [1.807, 2.05) is 6.07 Å². The van der Waals surface area contributed by atoms with Gasteiger partial charge in [-0.25, -0.2) is 4.98 Å². The Bertz CT molecular complexity index is 2280. The van der Waals surface area contributed by atoms with Crippen LogP contribution in [0.1, 0.15) is 18.9 Å². The molecule has 0 N–H and O–H groups in total. The van der Waals surface area contributed by atoms with E-state index >= 15 is 0 Å². The van der Waals surface area contributed by atoms with Gasteiger partial charge in [0.05, 0.1) is 0 Å². The summed E-state index contributed by atoms with van der Waals surface area (Å²) in [6.07, 6.45) is 2.15. The van der Waals surface area contributed by atoms with Crippen LogP contribution in [0, 0.1) is 0 Å². The van der Waals surface area contributed by atoms with Crippen molar-refractivity contribution in [2.24, 2.45) is 0 Å². The van der Waals surface area contributed by atoms with Crippen LogP contribution >= 0.6 is 0 Å². The number of benzene rings is 7. The standard InChI is InChI=1S/C46H36N2O/c1-2-13-33-22-31-45-44(32-33)47-46(49-45)36-25-23-34(24-26-36)40-18-9-11-20-42(40)43-21-12-10-19-41(43)35-27-29-39(30-28-35)48(37-14-5-3-6-15-37)38-16-7-4-8-17-38/h3-12,14-32H,2,13H2,1H3. The molecule has 0 fully saturated rings. The molecule has 8 rings (SSSR count). The van der Waals surface area contributed by atoms with E-state index in [0.717, 1.165) is 52.1 Å². The van der Waals surface area contributed by atoms with Crippen LogP contribution in [0.4, 0.5) is 17.1 Å². The number of anilines is 3. The van der Waals surface area contributed by atoms with Gasteiger partial charge in [-0.1, -0.05) is 129 Å². The Morgan fingerprint density at radius 1 is 0.469 bits per heavy atom. The van der Waals surface area contributed by atoms with E-state index in [-0.39, 0.29) is 0 Å². The number of aromatic nitrogens is 1. The third-order valence-corrected chi connectivity index (χ3v) is 9.04. The number of aryl methyl sites for hydroxylation is 1. The van der Waals surface area contributed by atoms with Gasteiger partial charge < -0.3 is 9.32 Å². The van der Waals surface area contributed by atoms with E-state index in [1.165, 1.54) is 33.4 Å². The van der Waals surface area contributed by atoms with Crippen LogP contribution in [-0.4, -0.2) is 4.98 Å². The molecule has 0 amide bonds. The summed E-state index contributed by atoms with van der Waals surface area (Å²) in [7, 11) is 0. The molecule has 0 unspecified atom stereocenters. The molecule has 0 saturated heterocycles. The van der Waals surface area contributed by atoms with Gasteiger partial charge in [0.1, 0.15) is 5.52 Å². The van der Waals surface area contributed by atoms with Gasteiger partial charge in [-0.3, -0.25) is 0 Å². The normalized spacial score (nSPS) is 11.1. The summed E-state index contributed by atoms with van der Waals surface area (Å²) in [5.41, 5.74) is 14.4. The van der Waals surface area contributed by atoms with E-state index in [2.05, 4.69) is 182 Å². The van der Waals surface area contributed by atoms with E-state index in [9.17, 15) is 0 Å². The maximum absolute atomic E-state index is 6.15. The first-order chi connectivity index (χ1) is 24.2. The van der Waals surface area contributed by atoms with E-state index in [4.69, 9.17) is 9.40 Å². The Kier molecular flexibility index (Phi) is 8.31. The van der Waals surface area contributed by atoms with E-state index in [0.29, 0.717) is 5.89 Å². The minimum absolute atomic E-state index is 0.648. The van der Waals surface area contributed by atoms with E-state index < -0.39 is 0 Å². The molecule has 1 aromatic heterocycles. The highest BCUT2D eigenvalue weighted by atomic mass is 16.3. The first-order valence-corrected chi connectivity index (χ1v) is 16.9. The zero-order chi connectivity index (χ0) is 33.0. The Morgan fingerprint density at radius 2 is 0.939 bits per heavy atom. The minimum Gasteiger partial charge on any atom is -0.436 e. The molecule has 0 aliphatic heterocycles. The fourth-order valence-electron chi connectivity index (χ4n) is 6.66. The Labute approximate surface area is 287 Å². The van der Waals surface area contributed by atoms with Crippen LogP contribution in [0.5, 0.6) is 0 Å². The summed E-state index contributed by atoms with van der Waals surface area (Å²) < 4.78 is 6.15. The van der Waals surface area contributed by atoms with Gasteiger partial charge in [0.25, 0.3) is 0 Å². The Balaban J connectivity index is 1.12. The van der Waals surface area contributed by atoms with Gasteiger partial charge >= 0.3 is 0 Å². The van der Waals surface area contributed by atoms with Crippen molar-refractivity contribution >= 4 is 28.2 Å². The quantitative estimate of drug-likeness (QED) is 0.159. The lowest BCUT2D eigenvalue weighted by Crippen LogP contribution is -2.09. The molecule has 0 atom stereocenters. The Hall–Kier alpha value is -6.19. The number of hydrogen-bond donors (Lipinski definition) is 0. The second-order valence-corrected chi connectivity index (χ2v) is 12.3. The summed E-state index contributed by atoms with van der Waals surface area (Å²) in [6.45, 7) is 2.20. The van der Waals surface area contributed by atoms with Gasteiger partial charge in [0, 0.05) is 22.6 Å². The first kappa shape index (κ1) is 30.2. The predicted octanol–water partition coefficient (Wildman–Crippen LogP) is 12.9. The summed E-state index contributed by atoms with van der Waals surface area (Å²) in [5, 5.41) is 0. The summed E-state index contributed by atoms with van der Waals surface area (Å²) in [5.74, 6) is 0.648. The summed E-state index contributed by atoms with van der Waals surface area (Å²) in [6, 6.07) is 62.2. The molecule has 0 bridgehead atoms. The van der Waals surface area contributed by atoms with Crippen molar-refractivity contribution in [3.63, 3.8) is 0 Å². The zero-order valence-corrected chi connectivity index (χ0v) is 27.5. The number of nitrogens with zero attached hydrogens (tertiary/aromatic N) is 2. The topological polar surface area (TPSA) is 29.3 Å². The number of fused-ring (bicyclic) bond motifs is 1. The number of rotatable bonds is 9. The van der Waals surface area contributed by atoms with Crippen molar-refractivity contribution < 1.29 is 4.42 Å². The smallest absolute Gasteiger partial charge is 0.227 e. The monoisotopic (exact) mass is 632 g/mol. The van der Waals surface area contributed by atoms with Gasteiger partial charge in [-0.2, -0.15) is 0 Å². The highest BCUT2D eigenvalue weighted by Gasteiger charge is 2.16. The average Bonchev–Trinajstić information content (AvgIpc) is 3.60. The molecule has 1 heterocycles. The van der Waals surface area contributed by atoms with E-state index in [1.54, 1.807) is 0 Å². The molecule has 3 heteroatoms.